The highest BCUT2D eigenvalue weighted by Gasteiger charge is 2.50. The lowest BCUT2D eigenvalue weighted by Gasteiger charge is -2.51. The maximum absolute atomic E-state index is 14.3. The Labute approximate surface area is 209 Å². The van der Waals surface area contributed by atoms with Crippen molar-refractivity contribution in [2.75, 3.05) is 26.2 Å². The van der Waals surface area contributed by atoms with E-state index in [0.29, 0.717) is 63.1 Å². The standard InChI is InChI=1S/C27H31F3N4O2/c28-27(29,30)24-12-11-22(10-7-19-35)25(32-15-5-2-6-16-32)34(24)33-17-13-26(14-18-33)20-23(31-36-26)21-8-3-1-4-9-21/h1,3-4,7-12,19,24H,2,5-6,13-18,20H2/b10-7+. The van der Waals surface area contributed by atoms with Crippen LogP contribution in [0.5, 0.6) is 0 Å². The summed E-state index contributed by atoms with van der Waals surface area (Å²) in [5, 5.41) is 7.58. The van der Waals surface area contributed by atoms with Crippen molar-refractivity contribution in [1.29, 1.82) is 0 Å². The molecule has 36 heavy (non-hydrogen) atoms. The number of halogens is 3. The van der Waals surface area contributed by atoms with Crippen molar-refractivity contribution in [2.24, 2.45) is 5.16 Å². The van der Waals surface area contributed by atoms with E-state index in [4.69, 9.17) is 4.84 Å². The summed E-state index contributed by atoms with van der Waals surface area (Å²) < 4.78 is 43.0. The van der Waals surface area contributed by atoms with Crippen molar-refractivity contribution >= 4 is 12.0 Å². The zero-order valence-corrected chi connectivity index (χ0v) is 20.2. The second-order valence-corrected chi connectivity index (χ2v) is 9.82. The zero-order valence-electron chi connectivity index (χ0n) is 20.2. The normalized spacial score (nSPS) is 25.0. The van der Waals surface area contributed by atoms with Crippen LogP contribution >= 0.6 is 0 Å². The van der Waals surface area contributed by atoms with Crippen molar-refractivity contribution < 1.29 is 22.8 Å². The third-order valence-electron chi connectivity index (χ3n) is 7.44. The minimum atomic E-state index is -4.44. The molecule has 4 heterocycles. The zero-order chi connectivity index (χ0) is 25.2. The van der Waals surface area contributed by atoms with E-state index in [9.17, 15) is 18.0 Å². The third-order valence-corrected chi connectivity index (χ3v) is 7.44. The van der Waals surface area contributed by atoms with Gasteiger partial charge < -0.3 is 9.74 Å². The molecule has 0 aromatic heterocycles. The van der Waals surface area contributed by atoms with Gasteiger partial charge in [0.1, 0.15) is 17.7 Å². The van der Waals surface area contributed by atoms with Gasteiger partial charge in [-0.25, -0.2) is 5.01 Å². The predicted molar refractivity (Wildman–Crippen MR) is 131 cm³/mol. The van der Waals surface area contributed by atoms with Crippen LogP contribution in [0.2, 0.25) is 0 Å². The first kappa shape index (κ1) is 24.6. The van der Waals surface area contributed by atoms with Crippen molar-refractivity contribution in [3.05, 3.63) is 71.6 Å². The van der Waals surface area contributed by atoms with E-state index in [2.05, 4.69) is 5.16 Å². The molecule has 6 nitrogen and oxygen atoms in total. The topological polar surface area (TPSA) is 48.4 Å². The lowest BCUT2D eigenvalue weighted by molar-refractivity contribution is -0.215. The third kappa shape index (κ3) is 4.93. The summed E-state index contributed by atoms with van der Waals surface area (Å²) in [6.07, 6.45) is 6.59. The van der Waals surface area contributed by atoms with Gasteiger partial charge >= 0.3 is 6.18 Å². The average Bonchev–Trinajstić information content (AvgIpc) is 3.31. The van der Waals surface area contributed by atoms with Gasteiger partial charge in [-0.1, -0.05) is 47.6 Å². The first-order chi connectivity index (χ1) is 17.4. The van der Waals surface area contributed by atoms with Crippen molar-refractivity contribution in [1.82, 2.24) is 14.9 Å². The number of aldehydes is 1. The molecule has 0 bridgehead atoms. The molecule has 1 aromatic carbocycles. The molecular weight excluding hydrogens is 469 g/mol. The number of rotatable bonds is 5. The van der Waals surface area contributed by atoms with E-state index in [1.54, 1.807) is 6.08 Å². The number of alkyl halides is 3. The van der Waals surface area contributed by atoms with Crippen LogP contribution in [0.4, 0.5) is 13.2 Å². The Hall–Kier alpha value is -3.07. The van der Waals surface area contributed by atoms with Gasteiger partial charge in [0.2, 0.25) is 0 Å². The van der Waals surface area contributed by atoms with Crippen LogP contribution in [0, 0.1) is 0 Å². The lowest BCUT2D eigenvalue weighted by Crippen LogP contribution is -2.60. The molecule has 1 aromatic rings. The van der Waals surface area contributed by atoms with Gasteiger partial charge in [-0.2, -0.15) is 13.2 Å². The summed E-state index contributed by atoms with van der Waals surface area (Å²) in [4.78, 5) is 19.0. The van der Waals surface area contributed by atoms with E-state index >= 15 is 0 Å². The summed E-state index contributed by atoms with van der Waals surface area (Å²) in [6, 6.07) is 8.08. The summed E-state index contributed by atoms with van der Waals surface area (Å²) in [7, 11) is 0. The SMILES string of the molecule is O=C/C=C/C1=C(N2CCCCC2)N(N2CCC3(CC2)CC(c2ccccc2)=NO3)C(C(F)(F)F)C=C1. The van der Waals surface area contributed by atoms with Crippen LogP contribution in [0.15, 0.2) is 71.2 Å². The molecular formula is C27H31F3N4O2. The lowest BCUT2D eigenvalue weighted by atomic mass is 9.86. The predicted octanol–water partition coefficient (Wildman–Crippen LogP) is 4.82. The van der Waals surface area contributed by atoms with Crippen LogP contribution in [0.25, 0.3) is 0 Å². The van der Waals surface area contributed by atoms with Crippen molar-refractivity contribution in [2.45, 2.75) is 56.3 Å². The second kappa shape index (κ2) is 10.1. The fourth-order valence-electron chi connectivity index (χ4n) is 5.57. The summed E-state index contributed by atoms with van der Waals surface area (Å²) in [5.74, 6) is 0.530. The van der Waals surface area contributed by atoms with E-state index in [0.717, 1.165) is 30.5 Å². The molecule has 192 valence electrons. The largest absolute Gasteiger partial charge is 0.413 e. The number of carbonyl (C=O) groups is 1. The minimum absolute atomic E-state index is 0.417. The Kier molecular flexibility index (Phi) is 6.92. The summed E-state index contributed by atoms with van der Waals surface area (Å²) in [5.41, 5.74) is 2.03. The Morgan fingerprint density at radius 3 is 2.42 bits per heavy atom. The highest BCUT2D eigenvalue weighted by Crippen LogP contribution is 2.41. The Balaban J connectivity index is 1.40. The molecule has 5 rings (SSSR count). The van der Waals surface area contributed by atoms with Crippen LogP contribution in [0.3, 0.4) is 0 Å². The fourth-order valence-corrected chi connectivity index (χ4v) is 5.57. The fraction of sp³-hybridized carbons (Fsp3) is 0.481. The number of allylic oxidation sites excluding steroid dienone is 4. The molecule has 0 amide bonds. The van der Waals surface area contributed by atoms with Crippen LogP contribution < -0.4 is 0 Å². The smallest absolute Gasteiger partial charge is 0.388 e. The molecule has 0 radical (unpaired) electrons. The van der Waals surface area contributed by atoms with Gasteiger partial charge in [-0.15, -0.1) is 0 Å². The minimum Gasteiger partial charge on any atom is -0.388 e. The van der Waals surface area contributed by atoms with E-state index < -0.39 is 17.8 Å². The second-order valence-electron chi connectivity index (χ2n) is 9.82. The van der Waals surface area contributed by atoms with Crippen LogP contribution in [0.1, 0.15) is 44.1 Å². The molecule has 1 spiro atoms. The van der Waals surface area contributed by atoms with Gasteiger partial charge in [-0.05, 0) is 37.0 Å². The average molecular weight is 501 g/mol. The number of benzene rings is 1. The number of carbonyl (C=O) groups excluding carboxylic acids is 1. The van der Waals surface area contributed by atoms with Gasteiger partial charge in [0.15, 0.2) is 6.04 Å². The Morgan fingerprint density at radius 1 is 1.03 bits per heavy atom. The molecule has 0 N–H and O–H groups in total. The maximum atomic E-state index is 14.3. The van der Waals surface area contributed by atoms with Crippen LogP contribution in [-0.2, 0) is 9.63 Å². The highest BCUT2D eigenvalue weighted by atomic mass is 19.4. The Morgan fingerprint density at radius 2 is 1.75 bits per heavy atom. The molecule has 0 aliphatic carbocycles. The van der Waals surface area contributed by atoms with Crippen LogP contribution in [-0.4, -0.2) is 70.9 Å². The first-order valence-electron chi connectivity index (χ1n) is 12.6. The van der Waals surface area contributed by atoms with E-state index in [-0.39, 0.29) is 0 Å². The number of likely N-dealkylation sites (tertiary alicyclic amines) is 1. The molecule has 4 aliphatic heterocycles. The molecule has 0 saturated carbocycles. The number of piperidine rings is 2. The highest BCUT2D eigenvalue weighted by molar-refractivity contribution is 6.01. The number of hydrogen-bond donors (Lipinski definition) is 0. The van der Waals surface area contributed by atoms with Gasteiger partial charge in [0.05, 0.1) is 5.71 Å². The van der Waals surface area contributed by atoms with E-state index in [1.165, 1.54) is 23.2 Å². The van der Waals surface area contributed by atoms with Crippen molar-refractivity contribution in [3.63, 3.8) is 0 Å². The molecule has 1 unspecified atom stereocenters. The number of hydrazine groups is 1. The first-order valence-corrected chi connectivity index (χ1v) is 12.6. The quantitative estimate of drug-likeness (QED) is 0.429. The number of hydrogen-bond acceptors (Lipinski definition) is 6. The summed E-state index contributed by atoms with van der Waals surface area (Å²) >= 11 is 0. The van der Waals surface area contributed by atoms with Crippen molar-refractivity contribution in [3.8, 4) is 0 Å². The maximum Gasteiger partial charge on any atom is 0.413 e. The van der Waals surface area contributed by atoms with Gasteiger partial charge in [0, 0.05) is 51.0 Å². The number of oxime groups is 1. The molecule has 9 heteroatoms. The monoisotopic (exact) mass is 500 g/mol. The molecule has 2 saturated heterocycles. The Bertz CT molecular complexity index is 1070. The van der Waals surface area contributed by atoms with Gasteiger partial charge in [0.25, 0.3) is 0 Å². The molecule has 1 atom stereocenters. The number of nitrogens with zero attached hydrogens (tertiary/aromatic N) is 4. The van der Waals surface area contributed by atoms with E-state index in [1.807, 2.05) is 40.2 Å². The summed E-state index contributed by atoms with van der Waals surface area (Å²) in [6.45, 7) is 2.22. The molecule has 4 aliphatic rings. The molecule has 2 fully saturated rings. The van der Waals surface area contributed by atoms with Gasteiger partial charge in [-0.3, -0.25) is 9.80 Å².